The molecule has 0 aromatic heterocycles. The third-order valence-electron chi connectivity index (χ3n) is 4.48. The molecule has 116 valence electrons. The summed E-state index contributed by atoms with van der Waals surface area (Å²) in [4.78, 5) is 12.8. The maximum absolute atomic E-state index is 13.3. The Hall–Kier alpha value is -1.24. The van der Waals surface area contributed by atoms with Crippen molar-refractivity contribution in [2.75, 3.05) is 26.2 Å². The Labute approximate surface area is 129 Å². The first-order valence-electron chi connectivity index (χ1n) is 6.94. The van der Waals surface area contributed by atoms with Gasteiger partial charge in [-0.2, -0.15) is 0 Å². The molecule has 3 rings (SSSR count). The van der Waals surface area contributed by atoms with Crippen LogP contribution in [0.2, 0.25) is 0 Å². The maximum atomic E-state index is 13.3. The number of hydrogen-bond donors (Lipinski definition) is 1. The lowest BCUT2D eigenvalue weighted by atomic mass is 9.86. The molecule has 2 saturated heterocycles. The van der Waals surface area contributed by atoms with Crippen molar-refractivity contribution < 1.29 is 9.31 Å². The Morgan fingerprint density at radius 2 is 2.24 bits per heavy atom. The maximum Gasteiger partial charge on any atom is 0.274 e. The van der Waals surface area contributed by atoms with E-state index in [9.17, 15) is 14.5 Å². The van der Waals surface area contributed by atoms with Gasteiger partial charge in [0, 0.05) is 31.3 Å². The fourth-order valence-electron chi connectivity index (χ4n) is 3.41. The van der Waals surface area contributed by atoms with Gasteiger partial charge in [-0.1, -0.05) is 0 Å². The van der Waals surface area contributed by atoms with Crippen molar-refractivity contribution in [3.8, 4) is 0 Å². The molecular weight excluding hydrogens is 297 g/mol. The molecule has 0 amide bonds. The minimum absolute atomic E-state index is 0. The monoisotopic (exact) mass is 315 g/mol. The summed E-state index contributed by atoms with van der Waals surface area (Å²) in [6.07, 6.45) is 2.28. The van der Waals surface area contributed by atoms with Crippen LogP contribution >= 0.6 is 12.4 Å². The van der Waals surface area contributed by atoms with Gasteiger partial charge in [-0.3, -0.25) is 15.0 Å². The van der Waals surface area contributed by atoms with Gasteiger partial charge in [-0.25, -0.2) is 4.39 Å². The van der Waals surface area contributed by atoms with E-state index in [1.54, 1.807) is 0 Å². The lowest BCUT2D eigenvalue weighted by molar-refractivity contribution is -0.385. The zero-order chi connectivity index (χ0) is 14.2. The molecule has 1 aromatic rings. The lowest BCUT2D eigenvalue weighted by Crippen LogP contribution is -2.29. The van der Waals surface area contributed by atoms with Crippen molar-refractivity contribution in [3.63, 3.8) is 0 Å². The van der Waals surface area contributed by atoms with Crippen LogP contribution in [0.4, 0.5) is 10.1 Å². The molecule has 2 fully saturated rings. The molecule has 0 aliphatic carbocycles. The van der Waals surface area contributed by atoms with E-state index in [0.717, 1.165) is 45.1 Å². The highest BCUT2D eigenvalue weighted by Crippen LogP contribution is 2.37. The summed E-state index contributed by atoms with van der Waals surface area (Å²) in [6.45, 7) is 4.39. The number of nitrogens with one attached hydrogen (secondary N) is 1. The number of likely N-dealkylation sites (tertiary alicyclic amines) is 1. The molecule has 1 N–H and O–H groups in total. The van der Waals surface area contributed by atoms with Crippen LogP contribution in [0.15, 0.2) is 18.2 Å². The average Bonchev–Trinajstić information content (AvgIpc) is 3.00. The summed E-state index contributed by atoms with van der Waals surface area (Å²) in [5.41, 5.74) is 0.803. The first-order valence-corrected chi connectivity index (χ1v) is 6.94. The van der Waals surface area contributed by atoms with Crippen molar-refractivity contribution in [3.05, 3.63) is 39.7 Å². The third-order valence-corrected chi connectivity index (χ3v) is 4.48. The van der Waals surface area contributed by atoms with Crippen molar-refractivity contribution >= 4 is 18.1 Å². The van der Waals surface area contributed by atoms with E-state index in [4.69, 9.17) is 0 Å². The van der Waals surface area contributed by atoms with Crippen LogP contribution in [0, 0.1) is 21.3 Å². The van der Waals surface area contributed by atoms with E-state index in [-0.39, 0.29) is 18.1 Å². The van der Waals surface area contributed by atoms with Crippen molar-refractivity contribution in [1.82, 2.24) is 10.2 Å². The van der Waals surface area contributed by atoms with Crippen molar-refractivity contribution in [1.29, 1.82) is 0 Å². The van der Waals surface area contributed by atoms with Crippen LogP contribution in [0.25, 0.3) is 0 Å². The minimum atomic E-state index is -0.433. The normalized spacial score (nSPS) is 25.2. The molecule has 0 radical (unpaired) electrons. The second kappa shape index (κ2) is 6.25. The molecule has 1 aromatic carbocycles. The number of rotatable bonds is 3. The summed E-state index contributed by atoms with van der Waals surface area (Å²) in [5.74, 6) is -0.415. The largest absolute Gasteiger partial charge is 0.316 e. The standard InChI is InChI=1S/C14H18FN3O2.ClH/c15-12-1-2-13(18(19)20)11(7-12)8-17-6-4-14(10-17)3-5-16-9-14;/h1-2,7,16H,3-6,8-10H2;1H. The Kier molecular flexibility index (Phi) is 4.81. The number of nitro groups is 1. The quantitative estimate of drug-likeness (QED) is 0.687. The molecule has 1 atom stereocenters. The van der Waals surface area contributed by atoms with Crippen molar-refractivity contribution in [2.45, 2.75) is 19.4 Å². The summed E-state index contributed by atoms with van der Waals surface area (Å²) < 4.78 is 13.3. The first kappa shape index (κ1) is 16.1. The van der Waals surface area contributed by atoms with Gasteiger partial charge >= 0.3 is 0 Å². The molecule has 5 nitrogen and oxygen atoms in total. The van der Waals surface area contributed by atoms with E-state index in [2.05, 4.69) is 10.2 Å². The smallest absolute Gasteiger partial charge is 0.274 e. The summed E-state index contributed by atoms with van der Waals surface area (Å²) in [7, 11) is 0. The van der Waals surface area contributed by atoms with Gasteiger partial charge in [0.05, 0.1) is 4.92 Å². The van der Waals surface area contributed by atoms with Gasteiger partial charge in [0.15, 0.2) is 0 Å². The summed E-state index contributed by atoms with van der Waals surface area (Å²) >= 11 is 0. The molecule has 2 aliphatic rings. The number of nitro benzene ring substituents is 1. The predicted octanol–water partition coefficient (Wildman–Crippen LogP) is 2.34. The first-order chi connectivity index (χ1) is 9.58. The average molecular weight is 316 g/mol. The lowest BCUT2D eigenvalue weighted by Gasteiger charge is -2.22. The molecule has 7 heteroatoms. The van der Waals surface area contributed by atoms with Crippen LogP contribution in [-0.2, 0) is 6.54 Å². The highest BCUT2D eigenvalue weighted by Gasteiger charge is 2.40. The zero-order valence-corrected chi connectivity index (χ0v) is 12.5. The second-order valence-electron chi connectivity index (χ2n) is 5.92. The molecule has 1 unspecified atom stereocenters. The second-order valence-corrected chi connectivity index (χ2v) is 5.92. The van der Waals surface area contributed by atoms with Gasteiger partial charge < -0.3 is 5.32 Å². The number of benzene rings is 1. The van der Waals surface area contributed by atoms with Gasteiger partial charge in [0.1, 0.15) is 5.82 Å². The minimum Gasteiger partial charge on any atom is -0.316 e. The molecule has 1 spiro atoms. The van der Waals surface area contributed by atoms with Gasteiger partial charge in [0.2, 0.25) is 0 Å². The van der Waals surface area contributed by atoms with E-state index >= 15 is 0 Å². The zero-order valence-electron chi connectivity index (χ0n) is 11.7. The Morgan fingerprint density at radius 1 is 1.43 bits per heavy atom. The molecule has 2 aliphatic heterocycles. The molecular formula is C14H19ClFN3O2. The van der Waals surface area contributed by atoms with Crippen LogP contribution in [0.3, 0.4) is 0 Å². The van der Waals surface area contributed by atoms with E-state index in [0.29, 0.717) is 17.5 Å². The molecule has 2 heterocycles. The van der Waals surface area contributed by atoms with Crippen LogP contribution in [-0.4, -0.2) is 36.0 Å². The van der Waals surface area contributed by atoms with Crippen LogP contribution in [0.5, 0.6) is 0 Å². The fraction of sp³-hybridized carbons (Fsp3) is 0.571. The molecule has 0 bridgehead atoms. The Balaban J connectivity index is 0.00000161. The summed E-state index contributed by atoms with van der Waals surface area (Å²) in [5, 5.41) is 14.4. The summed E-state index contributed by atoms with van der Waals surface area (Å²) in [6, 6.07) is 3.69. The van der Waals surface area contributed by atoms with Crippen LogP contribution < -0.4 is 5.32 Å². The molecule has 21 heavy (non-hydrogen) atoms. The van der Waals surface area contributed by atoms with E-state index in [1.807, 2.05) is 0 Å². The Morgan fingerprint density at radius 3 is 2.90 bits per heavy atom. The number of halogens is 2. The number of nitrogens with zero attached hydrogens (tertiary/aromatic N) is 2. The SMILES string of the molecule is Cl.O=[N+]([O-])c1ccc(F)cc1CN1CCC2(CCNC2)C1. The topological polar surface area (TPSA) is 58.4 Å². The van der Waals surface area contributed by atoms with Crippen molar-refractivity contribution in [2.24, 2.45) is 5.41 Å². The van der Waals surface area contributed by atoms with Gasteiger partial charge in [-0.15, -0.1) is 12.4 Å². The van der Waals surface area contributed by atoms with E-state index in [1.165, 1.54) is 12.1 Å². The van der Waals surface area contributed by atoms with E-state index < -0.39 is 10.7 Å². The number of hydrogen-bond acceptors (Lipinski definition) is 4. The highest BCUT2D eigenvalue weighted by atomic mass is 35.5. The fourth-order valence-corrected chi connectivity index (χ4v) is 3.41. The predicted molar refractivity (Wildman–Crippen MR) is 80.1 cm³/mol. The molecule has 0 saturated carbocycles. The highest BCUT2D eigenvalue weighted by molar-refractivity contribution is 5.85. The Bertz CT molecular complexity index is 535. The van der Waals surface area contributed by atoms with Gasteiger partial charge in [-0.05, 0) is 43.5 Å². The van der Waals surface area contributed by atoms with Crippen LogP contribution in [0.1, 0.15) is 18.4 Å². The third kappa shape index (κ3) is 3.33. The van der Waals surface area contributed by atoms with Gasteiger partial charge in [0.25, 0.3) is 5.69 Å².